The Balaban J connectivity index is 2.03. The van der Waals surface area contributed by atoms with Gasteiger partial charge in [-0.15, -0.1) is 0 Å². The third kappa shape index (κ3) is 2.30. The molecule has 6 heteroatoms. The number of nitrogens with one attached hydrogen (secondary N) is 1. The fraction of sp³-hybridized carbons (Fsp3) is 0.562. The molecule has 5 nitrogen and oxygen atoms in total. The summed E-state index contributed by atoms with van der Waals surface area (Å²) >= 11 is 0. The molecule has 1 aromatic rings. The molecule has 118 valence electrons. The number of carbonyl (C=O) groups is 1. The summed E-state index contributed by atoms with van der Waals surface area (Å²) in [6, 6.07) is 3.76. The second kappa shape index (κ2) is 5.00. The lowest BCUT2D eigenvalue weighted by Crippen LogP contribution is -2.41. The minimum absolute atomic E-state index is 0.0555. The monoisotopic (exact) mass is 303 g/mol. The van der Waals surface area contributed by atoms with Crippen molar-refractivity contribution >= 4 is 18.5 Å². The normalized spacial score (nSPS) is 22.2. The Morgan fingerprint density at radius 2 is 1.82 bits per heavy atom. The Kier molecular flexibility index (Phi) is 3.49. The fourth-order valence-corrected chi connectivity index (χ4v) is 2.80. The van der Waals surface area contributed by atoms with Crippen molar-refractivity contribution in [2.75, 3.05) is 13.7 Å². The van der Waals surface area contributed by atoms with Crippen LogP contribution in [0.5, 0.6) is 5.75 Å². The van der Waals surface area contributed by atoms with Crippen molar-refractivity contribution in [3.05, 3.63) is 23.3 Å². The summed E-state index contributed by atoms with van der Waals surface area (Å²) in [4.78, 5) is 12.0. The molecule has 1 fully saturated rings. The smallest absolute Gasteiger partial charge is 0.497 e. The Morgan fingerprint density at radius 1 is 1.18 bits per heavy atom. The quantitative estimate of drug-likeness (QED) is 0.836. The molecule has 2 aliphatic heterocycles. The minimum Gasteiger partial charge on any atom is -0.497 e. The van der Waals surface area contributed by atoms with Gasteiger partial charge in [0.15, 0.2) is 0 Å². The third-order valence-electron chi connectivity index (χ3n) is 4.89. The summed E-state index contributed by atoms with van der Waals surface area (Å²) in [5.74, 6) is 0.564. The first-order valence-electron chi connectivity index (χ1n) is 7.60. The number of methoxy groups -OCH3 is 1. The van der Waals surface area contributed by atoms with E-state index >= 15 is 0 Å². The SMILES string of the molecule is COc1cc2c(cc1B1OC(C)(C)C(C)(C)O1)CCNC2=O. The lowest BCUT2D eigenvalue weighted by molar-refractivity contribution is 0.00578. The van der Waals surface area contributed by atoms with Crippen LogP contribution in [0.25, 0.3) is 0 Å². The maximum absolute atomic E-state index is 12.0. The first-order valence-corrected chi connectivity index (χ1v) is 7.60. The van der Waals surface area contributed by atoms with E-state index in [9.17, 15) is 4.79 Å². The zero-order chi connectivity index (χ0) is 16.1. The third-order valence-corrected chi connectivity index (χ3v) is 4.89. The molecule has 1 amide bonds. The highest BCUT2D eigenvalue weighted by molar-refractivity contribution is 6.63. The Labute approximate surface area is 131 Å². The molecule has 0 bridgehead atoms. The molecule has 1 aromatic carbocycles. The van der Waals surface area contributed by atoms with E-state index in [2.05, 4.69) is 5.32 Å². The molecule has 1 saturated heterocycles. The maximum atomic E-state index is 12.0. The summed E-state index contributed by atoms with van der Waals surface area (Å²) in [7, 11) is 1.10. The summed E-state index contributed by atoms with van der Waals surface area (Å²) in [5.41, 5.74) is 1.71. The number of hydrogen-bond acceptors (Lipinski definition) is 4. The van der Waals surface area contributed by atoms with E-state index in [1.54, 1.807) is 13.2 Å². The van der Waals surface area contributed by atoms with Gasteiger partial charge in [-0.2, -0.15) is 0 Å². The number of amides is 1. The van der Waals surface area contributed by atoms with Crippen LogP contribution in [0.1, 0.15) is 43.6 Å². The molecule has 0 atom stereocenters. The topological polar surface area (TPSA) is 56.8 Å². The number of rotatable bonds is 2. The van der Waals surface area contributed by atoms with Crippen molar-refractivity contribution in [1.29, 1.82) is 0 Å². The van der Waals surface area contributed by atoms with E-state index in [-0.39, 0.29) is 5.91 Å². The highest BCUT2D eigenvalue weighted by Gasteiger charge is 2.52. The van der Waals surface area contributed by atoms with Gasteiger partial charge in [-0.1, -0.05) is 6.07 Å². The number of fused-ring (bicyclic) bond motifs is 1. The van der Waals surface area contributed by atoms with Crippen LogP contribution in [0.2, 0.25) is 0 Å². The number of carbonyl (C=O) groups excluding carboxylic acids is 1. The van der Waals surface area contributed by atoms with Crippen LogP contribution in [0, 0.1) is 0 Å². The molecule has 0 aromatic heterocycles. The van der Waals surface area contributed by atoms with Crippen molar-refractivity contribution in [2.45, 2.75) is 45.3 Å². The lowest BCUT2D eigenvalue weighted by Gasteiger charge is -2.32. The van der Waals surface area contributed by atoms with Gasteiger partial charge in [0.25, 0.3) is 5.91 Å². The van der Waals surface area contributed by atoms with Gasteiger partial charge in [0.05, 0.1) is 18.3 Å². The molecule has 0 spiro atoms. The van der Waals surface area contributed by atoms with Gasteiger partial charge in [0, 0.05) is 17.6 Å². The molecular formula is C16H22BNO4. The van der Waals surface area contributed by atoms with Crippen molar-refractivity contribution in [2.24, 2.45) is 0 Å². The second-order valence-corrected chi connectivity index (χ2v) is 6.85. The van der Waals surface area contributed by atoms with E-state index in [0.29, 0.717) is 17.9 Å². The van der Waals surface area contributed by atoms with Crippen LogP contribution in [-0.2, 0) is 15.7 Å². The van der Waals surface area contributed by atoms with Crippen LogP contribution in [0.15, 0.2) is 12.1 Å². The largest absolute Gasteiger partial charge is 0.498 e. The van der Waals surface area contributed by atoms with Gasteiger partial charge in [-0.25, -0.2) is 0 Å². The van der Waals surface area contributed by atoms with Crippen LogP contribution in [0.4, 0.5) is 0 Å². The van der Waals surface area contributed by atoms with E-state index in [1.165, 1.54) is 0 Å². The number of ether oxygens (including phenoxy) is 1. The van der Waals surface area contributed by atoms with Crippen LogP contribution < -0.4 is 15.5 Å². The van der Waals surface area contributed by atoms with E-state index in [0.717, 1.165) is 17.4 Å². The molecule has 0 unspecified atom stereocenters. The Morgan fingerprint density at radius 3 is 2.41 bits per heavy atom. The Hall–Kier alpha value is -1.53. The molecule has 1 N–H and O–H groups in total. The Bertz CT molecular complexity index is 611. The molecule has 0 saturated carbocycles. The fourth-order valence-electron chi connectivity index (χ4n) is 2.80. The first-order chi connectivity index (χ1) is 10.2. The summed E-state index contributed by atoms with van der Waals surface area (Å²) in [6.45, 7) is 8.73. The molecule has 2 aliphatic rings. The standard InChI is InChI=1S/C16H22BNO4/c1-15(2)16(3,4)22-17(21-15)12-8-10-6-7-18-14(19)11(10)9-13(12)20-5/h8-9H,6-7H2,1-5H3,(H,18,19). The summed E-state index contributed by atoms with van der Waals surface area (Å²) in [5, 5.41) is 2.85. The molecular weight excluding hydrogens is 281 g/mol. The van der Waals surface area contributed by atoms with Crippen LogP contribution >= 0.6 is 0 Å². The molecule has 0 radical (unpaired) electrons. The number of hydrogen-bond donors (Lipinski definition) is 1. The van der Waals surface area contributed by atoms with Crippen molar-refractivity contribution in [1.82, 2.24) is 5.32 Å². The molecule has 2 heterocycles. The average molecular weight is 303 g/mol. The summed E-state index contributed by atoms with van der Waals surface area (Å²) in [6.07, 6.45) is 0.803. The van der Waals surface area contributed by atoms with Gasteiger partial charge >= 0.3 is 7.12 Å². The zero-order valence-electron chi connectivity index (χ0n) is 13.8. The molecule has 3 rings (SSSR count). The van der Waals surface area contributed by atoms with Crippen LogP contribution in [0.3, 0.4) is 0 Å². The number of benzene rings is 1. The average Bonchev–Trinajstić information content (AvgIpc) is 2.66. The van der Waals surface area contributed by atoms with Crippen molar-refractivity contribution in [3.63, 3.8) is 0 Å². The molecule has 0 aliphatic carbocycles. The predicted molar refractivity (Wildman–Crippen MR) is 84.7 cm³/mol. The minimum atomic E-state index is -0.491. The molecule has 22 heavy (non-hydrogen) atoms. The zero-order valence-corrected chi connectivity index (χ0v) is 13.8. The van der Waals surface area contributed by atoms with Gasteiger partial charge in [-0.05, 0) is 45.7 Å². The van der Waals surface area contributed by atoms with Crippen LogP contribution in [-0.4, -0.2) is 37.9 Å². The van der Waals surface area contributed by atoms with Crippen molar-refractivity contribution in [3.8, 4) is 5.75 Å². The maximum Gasteiger partial charge on any atom is 0.498 e. The lowest BCUT2D eigenvalue weighted by atomic mass is 9.76. The van der Waals surface area contributed by atoms with Gasteiger partial charge < -0.3 is 19.4 Å². The second-order valence-electron chi connectivity index (χ2n) is 6.85. The first kappa shape index (κ1) is 15.4. The van der Waals surface area contributed by atoms with Gasteiger partial charge in [0.2, 0.25) is 0 Å². The van der Waals surface area contributed by atoms with Gasteiger partial charge in [0.1, 0.15) is 5.75 Å². The van der Waals surface area contributed by atoms with E-state index in [4.69, 9.17) is 14.0 Å². The predicted octanol–water partition coefficient (Wildman–Crippen LogP) is 1.28. The van der Waals surface area contributed by atoms with E-state index < -0.39 is 18.3 Å². The highest BCUT2D eigenvalue weighted by atomic mass is 16.7. The van der Waals surface area contributed by atoms with E-state index in [1.807, 2.05) is 33.8 Å². The van der Waals surface area contributed by atoms with Crippen molar-refractivity contribution < 1.29 is 18.8 Å². The van der Waals surface area contributed by atoms with Gasteiger partial charge in [-0.3, -0.25) is 4.79 Å². The highest BCUT2D eigenvalue weighted by Crippen LogP contribution is 2.37. The summed E-state index contributed by atoms with van der Waals surface area (Å²) < 4.78 is 17.7.